The van der Waals surface area contributed by atoms with Gasteiger partial charge in [-0.05, 0) is 30.7 Å². The Kier molecular flexibility index (Phi) is 7.01. The van der Waals surface area contributed by atoms with Gasteiger partial charge >= 0.3 is 5.97 Å². The number of carbonyl (C=O) groups excluding carboxylic acids is 1. The Hall–Kier alpha value is -2.30. The van der Waals surface area contributed by atoms with Crippen LogP contribution in [0.25, 0.3) is 0 Å². The summed E-state index contributed by atoms with van der Waals surface area (Å²) in [7, 11) is 0. The van der Waals surface area contributed by atoms with Gasteiger partial charge in [-0.25, -0.2) is 4.79 Å². The number of carboxylic acids is 1. The maximum absolute atomic E-state index is 12.0. The Morgan fingerprint density at radius 2 is 2.05 bits per heavy atom. The summed E-state index contributed by atoms with van der Waals surface area (Å²) in [4.78, 5) is 23.1. The number of hydrogen-bond donors (Lipinski definition) is 2. The fourth-order valence-corrected chi connectivity index (χ4v) is 1.76. The van der Waals surface area contributed by atoms with Gasteiger partial charge in [0, 0.05) is 5.56 Å². The molecule has 0 aliphatic carbocycles. The van der Waals surface area contributed by atoms with E-state index in [1.165, 1.54) is 0 Å². The summed E-state index contributed by atoms with van der Waals surface area (Å²) in [6.45, 7) is 5.92. The van der Waals surface area contributed by atoms with E-state index >= 15 is 0 Å². The summed E-state index contributed by atoms with van der Waals surface area (Å²) in [6, 6.07) is 5.69. The first kappa shape index (κ1) is 16.8. The predicted molar refractivity (Wildman–Crippen MR) is 80.5 cm³/mol. The lowest BCUT2D eigenvalue weighted by atomic mass is 10.1. The Bertz CT molecular complexity index is 482. The quantitative estimate of drug-likeness (QED) is 0.686. The Labute approximate surface area is 124 Å². The summed E-state index contributed by atoms with van der Waals surface area (Å²) >= 11 is 0. The number of carboxylic acid groups (broad SMARTS) is 1. The van der Waals surface area contributed by atoms with E-state index in [1.54, 1.807) is 30.3 Å². The number of hydrogen-bond acceptors (Lipinski definition) is 3. The molecule has 1 atom stereocenters. The van der Waals surface area contributed by atoms with Crippen LogP contribution in [0.1, 0.15) is 36.5 Å². The molecule has 0 spiro atoms. The minimum Gasteiger partial charge on any atom is -0.490 e. The summed E-state index contributed by atoms with van der Waals surface area (Å²) in [5.41, 5.74) is 0.406. The highest BCUT2D eigenvalue weighted by molar-refractivity contribution is 5.96. The Balaban J connectivity index is 2.64. The van der Waals surface area contributed by atoms with Gasteiger partial charge in [-0.15, -0.1) is 0 Å². The van der Waals surface area contributed by atoms with Crippen LogP contribution in [0.3, 0.4) is 0 Å². The van der Waals surface area contributed by atoms with Gasteiger partial charge in [-0.3, -0.25) is 4.79 Å². The van der Waals surface area contributed by atoms with Gasteiger partial charge in [-0.2, -0.15) is 0 Å². The second-order valence-corrected chi connectivity index (χ2v) is 4.63. The number of amides is 1. The molecule has 0 saturated carbocycles. The summed E-state index contributed by atoms with van der Waals surface area (Å²) in [5, 5.41) is 11.6. The van der Waals surface area contributed by atoms with E-state index in [-0.39, 0.29) is 0 Å². The summed E-state index contributed by atoms with van der Waals surface area (Å²) in [6.07, 6.45) is 3.70. The van der Waals surface area contributed by atoms with Crippen molar-refractivity contribution in [1.29, 1.82) is 0 Å². The van der Waals surface area contributed by atoms with E-state index in [1.807, 2.05) is 6.92 Å². The average molecular weight is 291 g/mol. The van der Waals surface area contributed by atoms with Crippen LogP contribution in [0, 0.1) is 0 Å². The number of unbranched alkanes of at least 4 members (excludes halogenated alkanes) is 1. The fourth-order valence-electron chi connectivity index (χ4n) is 1.76. The number of rotatable bonds is 9. The molecule has 2 N–H and O–H groups in total. The van der Waals surface area contributed by atoms with Gasteiger partial charge in [-0.1, -0.05) is 32.4 Å². The number of carbonyl (C=O) groups is 2. The highest BCUT2D eigenvalue weighted by Gasteiger charge is 2.19. The molecule has 0 aliphatic heterocycles. The topological polar surface area (TPSA) is 75.6 Å². The lowest BCUT2D eigenvalue weighted by Gasteiger charge is -2.14. The molecule has 0 unspecified atom stereocenters. The van der Waals surface area contributed by atoms with Crippen LogP contribution >= 0.6 is 0 Å². The molecule has 1 aromatic rings. The van der Waals surface area contributed by atoms with Crippen molar-refractivity contribution in [3.05, 3.63) is 42.5 Å². The predicted octanol–water partition coefficient (Wildman–Crippen LogP) is 2.62. The van der Waals surface area contributed by atoms with E-state index in [0.29, 0.717) is 24.3 Å². The van der Waals surface area contributed by atoms with Crippen LogP contribution in [-0.2, 0) is 4.79 Å². The van der Waals surface area contributed by atoms with E-state index in [2.05, 4.69) is 11.9 Å². The van der Waals surface area contributed by atoms with E-state index in [9.17, 15) is 9.59 Å². The first-order valence-electron chi connectivity index (χ1n) is 6.96. The van der Waals surface area contributed by atoms with Gasteiger partial charge in [0.25, 0.3) is 5.91 Å². The van der Waals surface area contributed by atoms with Crippen LogP contribution in [0.4, 0.5) is 0 Å². The lowest BCUT2D eigenvalue weighted by Crippen LogP contribution is -2.40. The normalized spacial score (nSPS) is 11.5. The number of aliphatic carboxylic acids is 1. The van der Waals surface area contributed by atoms with E-state index < -0.39 is 17.9 Å². The Morgan fingerprint density at radius 1 is 1.38 bits per heavy atom. The number of ether oxygens (including phenoxy) is 1. The highest BCUT2D eigenvalue weighted by atomic mass is 16.5. The average Bonchev–Trinajstić information content (AvgIpc) is 2.49. The molecule has 0 aromatic heterocycles. The molecule has 0 heterocycles. The van der Waals surface area contributed by atoms with Crippen molar-refractivity contribution in [2.24, 2.45) is 0 Å². The molecule has 1 rings (SSSR count). The highest BCUT2D eigenvalue weighted by Crippen LogP contribution is 2.12. The zero-order chi connectivity index (χ0) is 15.7. The van der Waals surface area contributed by atoms with Crippen molar-refractivity contribution in [3.63, 3.8) is 0 Å². The smallest absolute Gasteiger partial charge is 0.326 e. The first-order valence-corrected chi connectivity index (χ1v) is 6.96. The van der Waals surface area contributed by atoms with E-state index in [4.69, 9.17) is 9.84 Å². The van der Waals surface area contributed by atoms with Gasteiger partial charge in [0.15, 0.2) is 0 Å². The Morgan fingerprint density at radius 3 is 2.57 bits per heavy atom. The molecule has 0 fully saturated rings. The standard InChI is InChI=1S/C16H21NO4/c1-3-5-6-14(16(19)20)17-15(18)12-7-9-13(10-8-12)21-11-4-2/h4,7-10,14H,2-3,5-6,11H2,1H3,(H,17,18)(H,19,20)/t14-/m0/s1. The van der Waals surface area contributed by atoms with E-state index in [0.717, 1.165) is 12.8 Å². The summed E-state index contributed by atoms with van der Waals surface area (Å²) in [5.74, 6) is -0.774. The molecular weight excluding hydrogens is 270 g/mol. The second-order valence-electron chi connectivity index (χ2n) is 4.63. The minimum atomic E-state index is -1.01. The van der Waals surface area contributed by atoms with Gasteiger partial charge < -0.3 is 15.2 Å². The second kappa shape index (κ2) is 8.79. The van der Waals surface area contributed by atoms with Crippen molar-refractivity contribution >= 4 is 11.9 Å². The minimum absolute atomic E-state index is 0.393. The lowest BCUT2D eigenvalue weighted by molar-refractivity contribution is -0.139. The molecule has 1 aromatic carbocycles. The van der Waals surface area contributed by atoms with Crippen LogP contribution in [-0.4, -0.2) is 29.6 Å². The van der Waals surface area contributed by atoms with Gasteiger partial charge in [0.1, 0.15) is 18.4 Å². The van der Waals surface area contributed by atoms with Crippen LogP contribution in [0.15, 0.2) is 36.9 Å². The third kappa shape index (κ3) is 5.69. The SMILES string of the molecule is C=CCOc1ccc(C(=O)N[C@@H](CCCC)C(=O)O)cc1. The van der Waals surface area contributed by atoms with Crippen molar-refractivity contribution in [2.75, 3.05) is 6.61 Å². The molecule has 0 aliphatic rings. The number of benzene rings is 1. The molecule has 0 radical (unpaired) electrons. The molecule has 0 saturated heterocycles. The maximum atomic E-state index is 12.0. The van der Waals surface area contributed by atoms with Crippen molar-refractivity contribution in [1.82, 2.24) is 5.32 Å². The van der Waals surface area contributed by atoms with Crippen molar-refractivity contribution < 1.29 is 19.4 Å². The molecule has 5 nitrogen and oxygen atoms in total. The monoisotopic (exact) mass is 291 g/mol. The first-order chi connectivity index (χ1) is 10.1. The fraction of sp³-hybridized carbons (Fsp3) is 0.375. The third-order valence-corrected chi connectivity index (χ3v) is 2.93. The van der Waals surface area contributed by atoms with Crippen LogP contribution in [0.5, 0.6) is 5.75 Å². The molecule has 1 amide bonds. The zero-order valence-corrected chi connectivity index (χ0v) is 12.2. The molecule has 0 bridgehead atoms. The largest absolute Gasteiger partial charge is 0.490 e. The number of nitrogens with one attached hydrogen (secondary N) is 1. The zero-order valence-electron chi connectivity index (χ0n) is 12.2. The van der Waals surface area contributed by atoms with Gasteiger partial charge in [0.05, 0.1) is 0 Å². The van der Waals surface area contributed by atoms with Crippen LogP contribution < -0.4 is 10.1 Å². The van der Waals surface area contributed by atoms with Crippen molar-refractivity contribution in [3.8, 4) is 5.75 Å². The van der Waals surface area contributed by atoms with Crippen molar-refractivity contribution in [2.45, 2.75) is 32.2 Å². The third-order valence-electron chi connectivity index (χ3n) is 2.93. The molecule has 21 heavy (non-hydrogen) atoms. The van der Waals surface area contributed by atoms with Gasteiger partial charge in [0.2, 0.25) is 0 Å². The molecule has 5 heteroatoms. The van der Waals surface area contributed by atoms with Crippen LogP contribution in [0.2, 0.25) is 0 Å². The maximum Gasteiger partial charge on any atom is 0.326 e. The summed E-state index contributed by atoms with van der Waals surface area (Å²) < 4.78 is 5.32. The molecular formula is C16H21NO4. The molecule has 114 valence electrons.